The van der Waals surface area contributed by atoms with Gasteiger partial charge in [-0.1, -0.05) is 12.0 Å². The van der Waals surface area contributed by atoms with Crippen molar-refractivity contribution in [2.24, 2.45) is 0 Å². The van der Waals surface area contributed by atoms with Gasteiger partial charge in [-0.05, 0) is 76.7 Å². The number of benzene rings is 1. The van der Waals surface area contributed by atoms with Crippen LogP contribution in [0.3, 0.4) is 0 Å². The van der Waals surface area contributed by atoms with Gasteiger partial charge in [0.25, 0.3) is 5.69 Å². The summed E-state index contributed by atoms with van der Waals surface area (Å²) in [7, 11) is 0. The van der Waals surface area contributed by atoms with E-state index in [1.165, 1.54) is 6.07 Å². The molecule has 0 aliphatic heterocycles. The number of aryl methyl sites for hydroxylation is 1. The maximum Gasteiger partial charge on any atom is 2.00 e. The van der Waals surface area contributed by atoms with Crippen molar-refractivity contribution in [2.75, 3.05) is 0 Å². The molecule has 0 atom stereocenters. The SMILES string of the molecule is Cc1ccc(C(=O)C#C[C]2[CH][CH][CH][CH]2)cc1[N+](=O)[O-].[CH]1[CH][CH][CH][CH]1.[Fe+2]. The summed E-state index contributed by atoms with van der Waals surface area (Å²) in [6.07, 6.45) is 17.2. The summed E-state index contributed by atoms with van der Waals surface area (Å²) in [6, 6.07) is 4.36. The summed E-state index contributed by atoms with van der Waals surface area (Å²) in [4.78, 5) is 22.1. The average Bonchev–Trinajstić information content (AvgIpc) is 3.28. The first kappa shape index (κ1) is 21.4. The summed E-state index contributed by atoms with van der Waals surface area (Å²) in [5, 5.41) is 10.8. The zero-order chi connectivity index (χ0) is 17.4. The second-order valence-corrected chi connectivity index (χ2v) is 4.97. The number of hydrogen-bond donors (Lipinski definition) is 0. The summed E-state index contributed by atoms with van der Waals surface area (Å²) in [5.41, 5.74) is 0.683. The van der Waals surface area contributed by atoms with E-state index >= 15 is 0 Å². The second kappa shape index (κ2) is 11.1. The van der Waals surface area contributed by atoms with Crippen LogP contribution in [0.4, 0.5) is 5.69 Å². The van der Waals surface area contributed by atoms with Gasteiger partial charge in [0.05, 0.1) is 10.8 Å². The van der Waals surface area contributed by atoms with Gasteiger partial charge >= 0.3 is 17.1 Å². The minimum atomic E-state index is -0.503. The van der Waals surface area contributed by atoms with Crippen molar-refractivity contribution in [1.29, 1.82) is 0 Å². The van der Waals surface area contributed by atoms with Crippen LogP contribution in [0.25, 0.3) is 0 Å². The first-order valence-corrected chi connectivity index (χ1v) is 7.27. The van der Waals surface area contributed by atoms with Gasteiger partial charge in [-0.25, -0.2) is 0 Å². The summed E-state index contributed by atoms with van der Waals surface area (Å²) >= 11 is 0. The van der Waals surface area contributed by atoms with Crippen molar-refractivity contribution >= 4 is 11.5 Å². The van der Waals surface area contributed by atoms with E-state index in [2.05, 4.69) is 11.8 Å². The smallest absolute Gasteiger partial charge is 0.279 e. The fraction of sp³-hybridized carbons (Fsp3) is 0.0500. The van der Waals surface area contributed by atoms with E-state index < -0.39 is 10.7 Å². The molecule has 2 fully saturated rings. The summed E-state index contributed by atoms with van der Waals surface area (Å²) < 4.78 is 0. The maximum atomic E-state index is 11.8. The van der Waals surface area contributed by atoms with Crippen LogP contribution in [-0.2, 0) is 17.1 Å². The monoisotopic (exact) mass is 373 g/mol. The maximum absolute atomic E-state index is 11.8. The molecule has 2 aliphatic rings. The Labute approximate surface area is 160 Å². The van der Waals surface area contributed by atoms with Crippen LogP contribution in [0, 0.1) is 92.6 Å². The predicted octanol–water partition coefficient (Wildman–Crippen LogP) is 3.51. The quantitative estimate of drug-likeness (QED) is 0.199. The van der Waals surface area contributed by atoms with Gasteiger partial charge in [0.2, 0.25) is 5.78 Å². The second-order valence-electron chi connectivity index (χ2n) is 4.97. The zero-order valence-electron chi connectivity index (χ0n) is 13.5. The van der Waals surface area contributed by atoms with E-state index in [-0.39, 0.29) is 28.3 Å². The van der Waals surface area contributed by atoms with Crippen LogP contribution >= 0.6 is 0 Å². The van der Waals surface area contributed by atoms with Gasteiger partial charge in [0.15, 0.2) is 0 Å². The number of Topliss-reactive ketones (excluding diaryl/α,β-unsaturated/α-hetero) is 1. The first-order chi connectivity index (χ1) is 11.6. The van der Waals surface area contributed by atoms with E-state index in [9.17, 15) is 14.9 Å². The summed E-state index contributed by atoms with van der Waals surface area (Å²) in [6.45, 7) is 1.63. The van der Waals surface area contributed by atoms with Gasteiger partial charge in [0.1, 0.15) is 0 Å². The van der Waals surface area contributed by atoms with E-state index in [0.29, 0.717) is 5.56 Å². The summed E-state index contributed by atoms with van der Waals surface area (Å²) in [5.74, 6) is 5.51. The van der Waals surface area contributed by atoms with Crippen LogP contribution < -0.4 is 0 Å². The molecule has 5 heteroatoms. The van der Waals surface area contributed by atoms with Gasteiger partial charge in [-0.15, -0.1) is 0 Å². The van der Waals surface area contributed by atoms with Crippen molar-refractivity contribution in [3.05, 3.63) is 103 Å². The molecule has 4 nitrogen and oxygen atoms in total. The van der Waals surface area contributed by atoms with Gasteiger partial charge < -0.3 is 0 Å². The molecule has 25 heavy (non-hydrogen) atoms. The molecule has 3 rings (SSSR count). The van der Waals surface area contributed by atoms with Crippen LogP contribution in [0.15, 0.2) is 18.2 Å². The average molecular weight is 373 g/mol. The molecule has 0 heterocycles. The van der Waals surface area contributed by atoms with Crippen LogP contribution in [-0.4, -0.2) is 10.7 Å². The molecule has 0 unspecified atom stereocenters. The fourth-order valence-corrected chi connectivity index (χ4v) is 1.93. The molecular formula is C20H15FeNO3+2. The van der Waals surface area contributed by atoms with Crippen molar-refractivity contribution in [3.63, 3.8) is 0 Å². The number of nitro groups is 1. The molecule has 2 aliphatic carbocycles. The van der Waals surface area contributed by atoms with E-state index in [1.807, 2.05) is 44.9 Å². The molecular weight excluding hydrogens is 358 g/mol. The molecule has 0 spiro atoms. The Hall–Kier alpha value is -1.63. The normalized spacial score (nSPS) is 16.0. The third kappa shape index (κ3) is 7.02. The molecule has 0 amide bonds. The molecule has 124 valence electrons. The van der Waals surface area contributed by atoms with Crippen molar-refractivity contribution in [3.8, 4) is 11.8 Å². The first-order valence-electron chi connectivity index (χ1n) is 7.27. The Morgan fingerprint density at radius 3 is 2.08 bits per heavy atom. The molecule has 2 saturated carbocycles. The van der Waals surface area contributed by atoms with Crippen LogP contribution in [0.2, 0.25) is 0 Å². The largest absolute Gasteiger partial charge is 2.00 e. The number of carbonyl (C=O) groups is 1. The van der Waals surface area contributed by atoms with Crippen LogP contribution in [0.1, 0.15) is 15.9 Å². The number of hydrogen-bond acceptors (Lipinski definition) is 3. The van der Waals surface area contributed by atoms with E-state index in [4.69, 9.17) is 0 Å². The minimum Gasteiger partial charge on any atom is -0.279 e. The zero-order valence-corrected chi connectivity index (χ0v) is 14.6. The molecule has 1 aromatic carbocycles. The van der Waals surface area contributed by atoms with Crippen molar-refractivity contribution in [2.45, 2.75) is 6.92 Å². The topological polar surface area (TPSA) is 60.2 Å². The third-order valence-corrected chi connectivity index (χ3v) is 3.21. The van der Waals surface area contributed by atoms with Crippen molar-refractivity contribution < 1.29 is 26.8 Å². The Morgan fingerprint density at radius 2 is 1.56 bits per heavy atom. The molecule has 10 radical (unpaired) electrons. The number of nitrogens with zero attached hydrogens (tertiary/aromatic N) is 1. The number of nitro benzene ring substituents is 1. The van der Waals surface area contributed by atoms with E-state index in [0.717, 1.165) is 5.92 Å². The Bertz CT molecular complexity index is 643. The van der Waals surface area contributed by atoms with Crippen LogP contribution in [0.5, 0.6) is 0 Å². The predicted molar refractivity (Wildman–Crippen MR) is 91.9 cm³/mol. The molecule has 0 bridgehead atoms. The Morgan fingerprint density at radius 1 is 1.00 bits per heavy atom. The Balaban J connectivity index is 0.000000448. The molecule has 1 aromatic rings. The molecule has 0 aromatic heterocycles. The van der Waals surface area contributed by atoms with Gasteiger partial charge in [0, 0.05) is 17.2 Å². The minimum absolute atomic E-state index is 0. The molecule has 0 saturated heterocycles. The Kier molecular flexibility index (Phi) is 9.49. The molecule has 0 N–H and O–H groups in total. The van der Waals surface area contributed by atoms with E-state index in [1.54, 1.807) is 31.9 Å². The number of carbonyl (C=O) groups excluding carboxylic acids is 1. The van der Waals surface area contributed by atoms with Gasteiger partial charge in [-0.2, -0.15) is 0 Å². The third-order valence-electron chi connectivity index (χ3n) is 3.21. The number of ketones is 1. The number of rotatable bonds is 2. The van der Waals surface area contributed by atoms with Gasteiger partial charge in [-0.3, -0.25) is 14.9 Å². The fourth-order valence-electron chi connectivity index (χ4n) is 1.93. The van der Waals surface area contributed by atoms with Crippen molar-refractivity contribution in [1.82, 2.24) is 0 Å². The standard InChI is InChI=1S/C15H10NO3.C5H5.Fe/c1-11-6-8-13(10-14(11)16(18)19)15(17)9-7-12-4-2-3-5-12;1-2-4-5-3-1;/h2-6,8,10H,1H3;1-5H;/q;;+2.